The lowest BCUT2D eigenvalue weighted by Crippen LogP contribution is -2.19. The fraction of sp³-hybridized carbons (Fsp3) is 0.207. The number of nitrogens with zero attached hydrogens (tertiary/aromatic N) is 2. The van der Waals surface area contributed by atoms with E-state index < -0.39 is 21.4 Å². The first kappa shape index (κ1) is 27.0. The van der Waals surface area contributed by atoms with Gasteiger partial charge in [-0.25, -0.2) is 18.4 Å². The molecule has 2 aromatic heterocycles. The number of ketones is 1. The Morgan fingerprint density at radius 2 is 1.63 bits per heavy atom. The van der Waals surface area contributed by atoms with Crippen LogP contribution in [0.4, 0.5) is 5.82 Å². The number of rotatable bonds is 10. The highest BCUT2D eigenvalue weighted by atomic mass is 32.2. The molecular formula is C29H30N4O4S. The molecule has 8 nitrogen and oxygen atoms in total. The van der Waals surface area contributed by atoms with E-state index in [1.807, 2.05) is 63.2 Å². The van der Waals surface area contributed by atoms with Gasteiger partial charge in [0.2, 0.25) is 15.7 Å². The van der Waals surface area contributed by atoms with E-state index in [1.54, 1.807) is 24.3 Å². The lowest BCUT2D eigenvalue weighted by atomic mass is 10.1. The van der Waals surface area contributed by atoms with E-state index in [0.29, 0.717) is 30.4 Å². The van der Waals surface area contributed by atoms with Gasteiger partial charge in [0, 0.05) is 18.7 Å². The molecule has 38 heavy (non-hydrogen) atoms. The Kier molecular flexibility index (Phi) is 8.19. The van der Waals surface area contributed by atoms with Crippen molar-refractivity contribution < 1.29 is 17.9 Å². The van der Waals surface area contributed by atoms with Crippen LogP contribution in [0.2, 0.25) is 0 Å². The van der Waals surface area contributed by atoms with Crippen molar-refractivity contribution in [2.24, 2.45) is 5.73 Å². The van der Waals surface area contributed by atoms with E-state index in [0.717, 1.165) is 22.3 Å². The average molecular weight is 531 g/mol. The van der Waals surface area contributed by atoms with Gasteiger partial charge >= 0.3 is 0 Å². The van der Waals surface area contributed by atoms with Gasteiger partial charge in [-0.3, -0.25) is 4.79 Å². The molecule has 0 aliphatic heterocycles. The van der Waals surface area contributed by atoms with E-state index in [2.05, 4.69) is 15.3 Å². The number of hydrogen-bond donors (Lipinski definition) is 2. The summed E-state index contributed by atoms with van der Waals surface area (Å²) in [6.07, 6.45) is 0. The molecule has 0 fully saturated rings. The van der Waals surface area contributed by atoms with E-state index >= 15 is 0 Å². The first-order chi connectivity index (χ1) is 18.2. The van der Waals surface area contributed by atoms with Crippen LogP contribution in [0.3, 0.4) is 0 Å². The molecule has 9 heteroatoms. The van der Waals surface area contributed by atoms with Crippen LogP contribution in [0.15, 0.2) is 77.8 Å². The summed E-state index contributed by atoms with van der Waals surface area (Å²) in [5.41, 5.74) is 9.86. The SMILES string of the molecule is Cc1cc(C)c(Oc2nc(-c3ccccc3)ccc2C(=O)CS(=O)(=O)c2cccc(NCCN)n2)c(C)c1. The third-order valence-corrected chi connectivity index (χ3v) is 7.35. The molecular weight excluding hydrogens is 500 g/mol. The minimum Gasteiger partial charge on any atom is -0.438 e. The van der Waals surface area contributed by atoms with Gasteiger partial charge in [0.1, 0.15) is 17.3 Å². The zero-order valence-corrected chi connectivity index (χ0v) is 22.4. The predicted molar refractivity (Wildman–Crippen MR) is 149 cm³/mol. The summed E-state index contributed by atoms with van der Waals surface area (Å²) in [6, 6.07) is 21.3. The van der Waals surface area contributed by atoms with Crippen LogP contribution in [0.5, 0.6) is 11.6 Å². The Balaban J connectivity index is 1.71. The molecule has 2 heterocycles. The van der Waals surface area contributed by atoms with Crippen LogP contribution in [0, 0.1) is 20.8 Å². The van der Waals surface area contributed by atoms with Crippen molar-refractivity contribution in [3.8, 4) is 22.9 Å². The number of Topliss-reactive ketones (excluding diaryl/α,β-unsaturated/α-hetero) is 1. The number of nitrogens with one attached hydrogen (secondary N) is 1. The molecule has 0 radical (unpaired) electrons. The maximum Gasteiger partial charge on any atom is 0.230 e. The fourth-order valence-corrected chi connectivity index (χ4v) is 5.31. The molecule has 0 amide bonds. The van der Waals surface area contributed by atoms with E-state index in [9.17, 15) is 13.2 Å². The number of pyridine rings is 2. The highest BCUT2D eigenvalue weighted by Gasteiger charge is 2.26. The van der Waals surface area contributed by atoms with Crippen molar-refractivity contribution in [2.75, 3.05) is 24.2 Å². The number of aromatic nitrogens is 2. The fourth-order valence-electron chi connectivity index (χ4n) is 4.14. The van der Waals surface area contributed by atoms with Crippen molar-refractivity contribution in [2.45, 2.75) is 25.8 Å². The summed E-state index contributed by atoms with van der Waals surface area (Å²) >= 11 is 0. The lowest BCUT2D eigenvalue weighted by Gasteiger charge is -2.16. The molecule has 0 saturated carbocycles. The maximum absolute atomic E-state index is 13.4. The standard InChI is InChI=1S/C29H30N4O4S/c1-19-16-20(2)28(21(3)17-19)37-29-23(12-13-24(32-29)22-8-5-4-6-9-22)25(34)18-38(35,36)27-11-7-10-26(33-27)31-15-14-30/h4-13,16-17H,14-15,18,30H2,1-3H3,(H,31,33). The molecule has 0 atom stereocenters. The Morgan fingerprint density at radius 3 is 2.32 bits per heavy atom. The normalized spacial score (nSPS) is 11.3. The first-order valence-electron chi connectivity index (χ1n) is 12.2. The molecule has 4 rings (SSSR count). The number of aryl methyl sites for hydroxylation is 3. The van der Waals surface area contributed by atoms with Crippen LogP contribution in [-0.2, 0) is 9.84 Å². The largest absolute Gasteiger partial charge is 0.438 e. The minimum absolute atomic E-state index is 0.0490. The molecule has 0 bridgehead atoms. The Labute approximate surface area is 222 Å². The number of carbonyl (C=O) groups excluding carboxylic acids is 1. The van der Waals surface area contributed by atoms with Crippen molar-refractivity contribution in [1.29, 1.82) is 0 Å². The zero-order chi connectivity index (χ0) is 27.3. The maximum atomic E-state index is 13.4. The number of nitrogens with two attached hydrogens (primary N) is 1. The zero-order valence-electron chi connectivity index (χ0n) is 21.6. The highest BCUT2D eigenvalue weighted by Crippen LogP contribution is 2.33. The molecule has 0 unspecified atom stereocenters. The molecule has 0 aliphatic carbocycles. The third kappa shape index (κ3) is 6.24. The number of carbonyl (C=O) groups is 1. The number of hydrogen-bond acceptors (Lipinski definition) is 8. The van der Waals surface area contributed by atoms with Crippen molar-refractivity contribution >= 4 is 21.4 Å². The van der Waals surface area contributed by atoms with Gasteiger partial charge in [-0.15, -0.1) is 0 Å². The first-order valence-corrected chi connectivity index (χ1v) is 13.8. The monoisotopic (exact) mass is 530 g/mol. The topological polar surface area (TPSA) is 124 Å². The molecule has 196 valence electrons. The second-order valence-electron chi connectivity index (χ2n) is 9.00. The molecule has 0 saturated heterocycles. The van der Waals surface area contributed by atoms with Crippen LogP contribution in [0.25, 0.3) is 11.3 Å². The van der Waals surface area contributed by atoms with Gasteiger partial charge in [0.05, 0.1) is 11.3 Å². The van der Waals surface area contributed by atoms with E-state index in [-0.39, 0.29) is 16.5 Å². The quantitative estimate of drug-likeness (QED) is 0.278. The Bertz CT molecular complexity index is 1550. The van der Waals surface area contributed by atoms with E-state index in [4.69, 9.17) is 10.5 Å². The molecule has 4 aromatic rings. The third-order valence-electron chi connectivity index (χ3n) is 5.85. The van der Waals surface area contributed by atoms with Crippen LogP contribution >= 0.6 is 0 Å². The van der Waals surface area contributed by atoms with Crippen molar-refractivity contribution in [1.82, 2.24) is 9.97 Å². The minimum atomic E-state index is -4.04. The molecule has 0 spiro atoms. The Morgan fingerprint density at radius 1 is 0.921 bits per heavy atom. The van der Waals surface area contributed by atoms with Crippen LogP contribution < -0.4 is 15.8 Å². The second kappa shape index (κ2) is 11.5. The Hall–Kier alpha value is -4.08. The summed E-state index contributed by atoms with van der Waals surface area (Å²) < 4.78 is 32.5. The van der Waals surface area contributed by atoms with Gasteiger partial charge < -0.3 is 15.8 Å². The number of ether oxygens (including phenoxy) is 1. The molecule has 0 aliphatic rings. The van der Waals surface area contributed by atoms with Gasteiger partial charge in [0.25, 0.3) is 0 Å². The second-order valence-corrected chi connectivity index (χ2v) is 10.9. The summed E-state index contributed by atoms with van der Waals surface area (Å²) in [7, 11) is -4.04. The summed E-state index contributed by atoms with van der Waals surface area (Å²) in [6.45, 7) is 6.63. The van der Waals surface area contributed by atoms with Crippen molar-refractivity contribution in [3.05, 3.63) is 95.1 Å². The smallest absolute Gasteiger partial charge is 0.230 e. The van der Waals surface area contributed by atoms with E-state index in [1.165, 1.54) is 6.07 Å². The summed E-state index contributed by atoms with van der Waals surface area (Å²) in [4.78, 5) is 22.2. The number of benzene rings is 2. The van der Waals surface area contributed by atoms with Crippen LogP contribution in [0.1, 0.15) is 27.0 Å². The molecule has 2 aromatic carbocycles. The average Bonchev–Trinajstić information content (AvgIpc) is 2.90. The van der Waals surface area contributed by atoms with Gasteiger partial charge in [0.15, 0.2) is 10.8 Å². The summed E-state index contributed by atoms with van der Waals surface area (Å²) in [5.74, 6) is -0.433. The van der Waals surface area contributed by atoms with Crippen molar-refractivity contribution in [3.63, 3.8) is 0 Å². The van der Waals surface area contributed by atoms with Gasteiger partial charge in [-0.1, -0.05) is 54.1 Å². The predicted octanol–water partition coefficient (Wildman–Crippen LogP) is 4.89. The van der Waals surface area contributed by atoms with Gasteiger partial charge in [-0.05, 0) is 56.2 Å². The highest BCUT2D eigenvalue weighted by molar-refractivity contribution is 7.92. The molecule has 3 N–H and O–H groups in total. The summed E-state index contributed by atoms with van der Waals surface area (Å²) in [5, 5.41) is 2.75. The number of sulfone groups is 1. The van der Waals surface area contributed by atoms with Crippen LogP contribution in [-0.4, -0.2) is 43.0 Å². The lowest BCUT2D eigenvalue weighted by molar-refractivity contribution is 0.101. The number of anilines is 1. The van der Waals surface area contributed by atoms with Gasteiger partial charge in [-0.2, -0.15) is 0 Å².